The van der Waals surface area contributed by atoms with E-state index in [0.29, 0.717) is 18.5 Å². The van der Waals surface area contributed by atoms with Gasteiger partial charge in [-0.25, -0.2) is 0 Å². The Hall–Kier alpha value is -2.73. The molecule has 2 aromatic carbocycles. The molecule has 166 valence electrons. The number of methoxy groups -OCH3 is 1. The van der Waals surface area contributed by atoms with E-state index in [9.17, 15) is 5.11 Å². The number of phenolic OH excluding ortho intramolecular Hbond substituents is 1. The number of nitrogens with one attached hydrogen (secondary N) is 1. The first-order chi connectivity index (χ1) is 15.2. The summed E-state index contributed by atoms with van der Waals surface area (Å²) < 4.78 is 5.29. The third-order valence-electron chi connectivity index (χ3n) is 6.65. The van der Waals surface area contributed by atoms with Gasteiger partial charge in [-0.1, -0.05) is 30.3 Å². The summed E-state index contributed by atoms with van der Waals surface area (Å²) >= 11 is 0. The van der Waals surface area contributed by atoms with E-state index in [0.717, 1.165) is 43.3 Å². The first-order valence-electron chi connectivity index (χ1n) is 11.3. The standard InChI is InChI=1S/C25H34N4O2/c1-26-25(27-16-21-15-22(31-2)10-11-24(21)30)29-14-12-23-20(18-29)9-6-13-28(23)17-19-7-4-3-5-8-19/h3-5,7-8,10-11,15,20,23,30H,6,9,12-14,16-18H2,1-2H3,(H,26,27). The van der Waals surface area contributed by atoms with Gasteiger partial charge in [-0.3, -0.25) is 9.89 Å². The smallest absolute Gasteiger partial charge is 0.193 e. The second kappa shape index (κ2) is 10.1. The predicted molar refractivity (Wildman–Crippen MR) is 124 cm³/mol. The Morgan fingerprint density at radius 3 is 2.77 bits per heavy atom. The lowest BCUT2D eigenvalue weighted by molar-refractivity contribution is 0.0372. The Morgan fingerprint density at radius 1 is 1.16 bits per heavy atom. The van der Waals surface area contributed by atoms with Crippen LogP contribution in [0.1, 0.15) is 30.4 Å². The maximum Gasteiger partial charge on any atom is 0.193 e. The molecular formula is C25H34N4O2. The fraction of sp³-hybridized carbons (Fsp3) is 0.480. The molecule has 2 fully saturated rings. The minimum absolute atomic E-state index is 0.270. The number of likely N-dealkylation sites (tertiary alicyclic amines) is 2. The summed E-state index contributed by atoms with van der Waals surface area (Å²) in [6.45, 7) is 4.78. The zero-order valence-electron chi connectivity index (χ0n) is 18.6. The van der Waals surface area contributed by atoms with Crippen molar-refractivity contribution >= 4 is 5.96 Å². The van der Waals surface area contributed by atoms with E-state index < -0.39 is 0 Å². The molecule has 2 aliphatic rings. The summed E-state index contributed by atoms with van der Waals surface area (Å²) in [6, 6.07) is 16.8. The van der Waals surface area contributed by atoms with Crippen LogP contribution in [0.15, 0.2) is 53.5 Å². The van der Waals surface area contributed by atoms with Gasteiger partial charge in [-0.15, -0.1) is 0 Å². The van der Waals surface area contributed by atoms with Crippen molar-refractivity contribution < 1.29 is 9.84 Å². The Morgan fingerprint density at radius 2 is 2.00 bits per heavy atom. The summed E-state index contributed by atoms with van der Waals surface area (Å²) in [6.07, 6.45) is 3.69. The van der Waals surface area contributed by atoms with Crippen LogP contribution < -0.4 is 10.1 Å². The van der Waals surface area contributed by atoms with Crippen molar-refractivity contribution in [2.24, 2.45) is 10.9 Å². The quantitative estimate of drug-likeness (QED) is 0.571. The van der Waals surface area contributed by atoms with Crippen molar-refractivity contribution in [3.63, 3.8) is 0 Å². The molecular weight excluding hydrogens is 388 g/mol. The molecule has 2 N–H and O–H groups in total. The van der Waals surface area contributed by atoms with E-state index in [1.165, 1.54) is 24.9 Å². The average Bonchev–Trinajstić information content (AvgIpc) is 2.81. The number of aromatic hydroxyl groups is 1. The molecule has 6 heteroatoms. The Balaban J connectivity index is 1.37. The molecule has 0 bridgehead atoms. The minimum Gasteiger partial charge on any atom is -0.508 e. The highest BCUT2D eigenvalue weighted by molar-refractivity contribution is 5.80. The molecule has 6 nitrogen and oxygen atoms in total. The maximum absolute atomic E-state index is 10.2. The van der Waals surface area contributed by atoms with E-state index in [1.807, 2.05) is 13.1 Å². The Labute approximate surface area is 185 Å². The molecule has 2 unspecified atom stereocenters. The number of phenols is 1. The number of nitrogens with zero attached hydrogens (tertiary/aromatic N) is 3. The summed E-state index contributed by atoms with van der Waals surface area (Å²) in [5.74, 6) is 2.58. The molecule has 2 aliphatic heterocycles. The number of hydrogen-bond acceptors (Lipinski definition) is 4. The Bertz CT molecular complexity index is 886. The summed E-state index contributed by atoms with van der Waals surface area (Å²) in [7, 11) is 3.47. The summed E-state index contributed by atoms with van der Waals surface area (Å²) in [5, 5.41) is 13.6. The van der Waals surface area contributed by atoms with Crippen LogP contribution in [0.4, 0.5) is 0 Å². The van der Waals surface area contributed by atoms with Crippen LogP contribution in [0.3, 0.4) is 0 Å². The molecule has 2 saturated heterocycles. The molecule has 2 atom stereocenters. The predicted octanol–water partition coefficient (Wildman–Crippen LogP) is 3.46. The van der Waals surface area contributed by atoms with Gasteiger partial charge in [0.15, 0.2) is 5.96 Å². The van der Waals surface area contributed by atoms with E-state index in [2.05, 4.69) is 50.4 Å². The average molecular weight is 423 g/mol. The second-order valence-corrected chi connectivity index (χ2v) is 8.56. The largest absolute Gasteiger partial charge is 0.508 e. The third kappa shape index (κ3) is 5.13. The lowest BCUT2D eigenvalue weighted by Gasteiger charge is -2.48. The van der Waals surface area contributed by atoms with Gasteiger partial charge in [0.05, 0.1) is 7.11 Å². The van der Waals surface area contributed by atoms with Gasteiger partial charge in [-0.2, -0.15) is 0 Å². The van der Waals surface area contributed by atoms with E-state index in [-0.39, 0.29) is 5.75 Å². The van der Waals surface area contributed by atoms with Gasteiger partial charge in [0, 0.05) is 44.8 Å². The minimum atomic E-state index is 0.270. The third-order valence-corrected chi connectivity index (χ3v) is 6.65. The van der Waals surface area contributed by atoms with Crippen molar-refractivity contribution in [1.29, 1.82) is 0 Å². The van der Waals surface area contributed by atoms with Crippen LogP contribution in [0.2, 0.25) is 0 Å². The lowest BCUT2D eigenvalue weighted by atomic mass is 9.83. The number of piperidine rings is 2. The molecule has 2 heterocycles. The summed E-state index contributed by atoms with van der Waals surface area (Å²) in [5.41, 5.74) is 2.21. The van der Waals surface area contributed by atoms with Gasteiger partial charge >= 0.3 is 0 Å². The van der Waals surface area contributed by atoms with Crippen LogP contribution in [0.25, 0.3) is 0 Å². The van der Waals surface area contributed by atoms with Gasteiger partial charge < -0.3 is 20.1 Å². The first kappa shape index (κ1) is 21.5. The number of fused-ring (bicyclic) bond motifs is 1. The molecule has 0 aromatic heterocycles. The van der Waals surface area contributed by atoms with E-state index in [4.69, 9.17) is 4.74 Å². The van der Waals surface area contributed by atoms with Gasteiger partial charge in [-0.05, 0) is 55.5 Å². The Kier molecular flexibility index (Phi) is 6.97. The highest BCUT2D eigenvalue weighted by atomic mass is 16.5. The molecule has 2 aromatic rings. The number of rotatable bonds is 5. The number of guanidine groups is 1. The maximum atomic E-state index is 10.2. The topological polar surface area (TPSA) is 60.3 Å². The van der Waals surface area contributed by atoms with Gasteiger partial charge in [0.1, 0.15) is 11.5 Å². The number of hydrogen-bond donors (Lipinski definition) is 2. The molecule has 0 saturated carbocycles. The molecule has 0 aliphatic carbocycles. The van der Waals surface area contributed by atoms with Gasteiger partial charge in [0.2, 0.25) is 0 Å². The van der Waals surface area contributed by atoms with Gasteiger partial charge in [0.25, 0.3) is 0 Å². The monoisotopic (exact) mass is 422 g/mol. The van der Waals surface area contributed by atoms with E-state index in [1.54, 1.807) is 19.2 Å². The van der Waals surface area contributed by atoms with Crippen LogP contribution in [-0.2, 0) is 13.1 Å². The normalized spacial score (nSPS) is 22.1. The van der Waals surface area contributed by atoms with Crippen molar-refractivity contribution in [3.8, 4) is 11.5 Å². The highest BCUT2D eigenvalue weighted by Crippen LogP contribution is 2.32. The zero-order chi connectivity index (χ0) is 21.6. The number of aliphatic imine (C=N–C) groups is 1. The molecule has 0 spiro atoms. The molecule has 0 radical (unpaired) electrons. The van der Waals surface area contributed by atoms with Crippen LogP contribution >= 0.6 is 0 Å². The van der Waals surface area contributed by atoms with Crippen molar-refractivity contribution in [2.45, 2.75) is 38.4 Å². The molecule has 31 heavy (non-hydrogen) atoms. The number of ether oxygens (including phenoxy) is 1. The zero-order valence-corrected chi connectivity index (χ0v) is 18.6. The number of benzene rings is 2. The second-order valence-electron chi connectivity index (χ2n) is 8.56. The molecule has 0 amide bonds. The fourth-order valence-corrected chi connectivity index (χ4v) is 5.05. The van der Waals surface area contributed by atoms with Crippen LogP contribution in [-0.4, -0.2) is 60.7 Å². The highest BCUT2D eigenvalue weighted by Gasteiger charge is 2.36. The van der Waals surface area contributed by atoms with E-state index >= 15 is 0 Å². The van der Waals surface area contributed by atoms with Crippen molar-refractivity contribution in [3.05, 3.63) is 59.7 Å². The van der Waals surface area contributed by atoms with Crippen molar-refractivity contribution in [1.82, 2.24) is 15.1 Å². The molecule has 4 rings (SSSR count). The SMILES string of the molecule is CN=C(NCc1cc(OC)ccc1O)N1CCC2C(CCCN2Cc2ccccc2)C1. The van der Waals surface area contributed by atoms with Crippen LogP contribution in [0.5, 0.6) is 11.5 Å². The van der Waals surface area contributed by atoms with Crippen molar-refractivity contribution in [2.75, 3.05) is 33.8 Å². The first-order valence-corrected chi connectivity index (χ1v) is 11.3. The summed E-state index contributed by atoms with van der Waals surface area (Å²) in [4.78, 5) is 9.59. The lowest BCUT2D eigenvalue weighted by Crippen LogP contribution is -2.56. The van der Waals surface area contributed by atoms with Crippen LogP contribution in [0, 0.1) is 5.92 Å². The fourth-order valence-electron chi connectivity index (χ4n) is 5.05.